The fourth-order valence-corrected chi connectivity index (χ4v) is 3.00. The predicted molar refractivity (Wildman–Crippen MR) is 106 cm³/mol. The smallest absolute Gasteiger partial charge is 0.129 e. The van der Waals surface area contributed by atoms with Crippen molar-refractivity contribution < 1.29 is 4.74 Å². The second kappa shape index (κ2) is 10.4. The van der Waals surface area contributed by atoms with Gasteiger partial charge in [0.1, 0.15) is 17.9 Å². The molecule has 0 saturated heterocycles. The first-order valence-electron chi connectivity index (χ1n) is 8.19. The molecular weight excluding hydrogens is 359 g/mol. The minimum absolute atomic E-state index is 0. The van der Waals surface area contributed by atoms with E-state index in [0.29, 0.717) is 12.0 Å². The van der Waals surface area contributed by atoms with E-state index in [1.807, 2.05) is 18.2 Å². The number of hydrogen-bond acceptors (Lipinski definition) is 5. The Hall–Kier alpha value is -1.56. The Morgan fingerprint density at radius 2 is 1.96 bits per heavy atom. The molecule has 138 valence electrons. The number of anilines is 1. The number of hydrogen-bond donors (Lipinski definition) is 2. The molecule has 0 radical (unpaired) electrons. The molecule has 7 heteroatoms. The summed E-state index contributed by atoms with van der Waals surface area (Å²) in [6.07, 6.45) is 5.71. The summed E-state index contributed by atoms with van der Waals surface area (Å²) in [7, 11) is 1.71. The molecular formula is C18H26Cl2N4O. The zero-order valence-electron chi connectivity index (χ0n) is 14.4. The van der Waals surface area contributed by atoms with Crippen LogP contribution in [-0.4, -0.2) is 29.7 Å². The fraction of sp³-hybridized carbons (Fsp3) is 0.444. The number of benzene rings is 1. The monoisotopic (exact) mass is 384 g/mol. The third kappa shape index (κ3) is 5.73. The highest BCUT2D eigenvalue weighted by molar-refractivity contribution is 5.85. The molecule has 3 N–H and O–H groups in total. The number of nitrogens with zero attached hydrogens (tertiary/aromatic N) is 2. The van der Waals surface area contributed by atoms with Crippen LogP contribution in [0.4, 0.5) is 5.82 Å². The number of para-hydroxylation sites is 1. The molecule has 1 aliphatic rings. The van der Waals surface area contributed by atoms with Crippen LogP contribution in [-0.2, 0) is 6.42 Å². The summed E-state index contributed by atoms with van der Waals surface area (Å²) in [5, 5.41) is 3.38. The minimum Gasteiger partial charge on any atom is -0.496 e. The van der Waals surface area contributed by atoms with Crippen molar-refractivity contribution in [3.8, 4) is 5.75 Å². The molecule has 1 fully saturated rings. The minimum atomic E-state index is 0. The Morgan fingerprint density at radius 3 is 2.68 bits per heavy atom. The first-order chi connectivity index (χ1) is 11.3. The Bertz CT molecular complexity index is 650. The first-order valence-corrected chi connectivity index (χ1v) is 8.19. The number of aryl methyl sites for hydroxylation is 1. The van der Waals surface area contributed by atoms with E-state index >= 15 is 0 Å². The lowest BCUT2D eigenvalue weighted by atomic mass is 9.79. The maximum Gasteiger partial charge on any atom is 0.129 e. The highest BCUT2D eigenvalue weighted by atomic mass is 35.5. The van der Waals surface area contributed by atoms with Gasteiger partial charge in [0.15, 0.2) is 0 Å². The third-order valence-electron chi connectivity index (χ3n) is 4.40. The zero-order chi connectivity index (χ0) is 16.1. The van der Waals surface area contributed by atoms with Gasteiger partial charge in [-0.1, -0.05) is 18.2 Å². The van der Waals surface area contributed by atoms with Crippen molar-refractivity contribution in [2.75, 3.05) is 19.0 Å². The van der Waals surface area contributed by atoms with Crippen LogP contribution < -0.4 is 15.8 Å². The van der Waals surface area contributed by atoms with Gasteiger partial charge in [-0.2, -0.15) is 0 Å². The summed E-state index contributed by atoms with van der Waals surface area (Å²) in [4.78, 5) is 8.67. The molecule has 5 nitrogen and oxygen atoms in total. The van der Waals surface area contributed by atoms with Crippen molar-refractivity contribution in [3.05, 3.63) is 47.9 Å². The summed E-state index contributed by atoms with van der Waals surface area (Å²) in [5.74, 6) is 2.36. The number of ether oxygens (including phenoxy) is 1. The quantitative estimate of drug-likeness (QED) is 0.713. The van der Waals surface area contributed by atoms with Crippen LogP contribution in [0.5, 0.6) is 5.75 Å². The summed E-state index contributed by atoms with van der Waals surface area (Å²) in [6.45, 7) is 0.874. The van der Waals surface area contributed by atoms with E-state index in [2.05, 4.69) is 27.4 Å². The van der Waals surface area contributed by atoms with Gasteiger partial charge in [0, 0.05) is 30.3 Å². The van der Waals surface area contributed by atoms with Gasteiger partial charge >= 0.3 is 0 Å². The molecule has 0 atom stereocenters. The van der Waals surface area contributed by atoms with Gasteiger partial charge in [-0.3, -0.25) is 0 Å². The maximum atomic E-state index is 5.85. The Morgan fingerprint density at radius 1 is 1.20 bits per heavy atom. The van der Waals surface area contributed by atoms with Crippen LogP contribution in [0, 0.1) is 0 Å². The van der Waals surface area contributed by atoms with E-state index in [1.54, 1.807) is 13.4 Å². The van der Waals surface area contributed by atoms with Crippen LogP contribution in [0.2, 0.25) is 0 Å². The molecule has 0 amide bonds. The van der Waals surface area contributed by atoms with Crippen molar-refractivity contribution in [2.24, 2.45) is 5.73 Å². The van der Waals surface area contributed by atoms with E-state index in [0.717, 1.165) is 49.5 Å². The molecule has 1 saturated carbocycles. The highest BCUT2D eigenvalue weighted by Crippen LogP contribution is 2.34. The van der Waals surface area contributed by atoms with Crippen LogP contribution in [0.3, 0.4) is 0 Å². The molecule has 0 bridgehead atoms. The van der Waals surface area contributed by atoms with Crippen LogP contribution in [0.25, 0.3) is 0 Å². The fourth-order valence-electron chi connectivity index (χ4n) is 3.00. The molecule has 0 unspecified atom stereocenters. The van der Waals surface area contributed by atoms with E-state index in [9.17, 15) is 0 Å². The summed E-state index contributed by atoms with van der Waals surface area (Å²) >= 11 is 0. The average Bonchev–Trinajstić information content (AvgIpc) is 2.56. The number of aromatic nitrogens is 2. The standard InChI is InChI=1S/C18H24N4O.2ClH/c1-23-17-7-3-2-5-13(17)6-4-8-20-18-11-16(21-12-22-18)14-9-15(19)10-14;;/h2-3,5,7,11-12,14-15H,4,6,8-10,19H2,1H3,(H,20,21,22);2*1H. The van der Waals surface area contributed by atoms with Gasteiger partial charge < -0.3 is 15.8 Å². The van der Waals surface area contributed by atoms with Crippen LogP contribution >= 0.6 is 24.8 Å². The lowest BCUT2D eigenvalue weighted by Crippen LogP contribution is -2.35. The molecule has 1 heterocycles. The molecule has 25 heavy (non-hydrogen) atoms. The number of nitrogens with one attached hydrogen (secondary N) is 1. The summed E-state index contributed by atoms with van der Waals surface area (Å²) in [5.41, 5.74) is 8.20. The Kier molecular flexibility index (Phi) is 8.97. The van der Waals surface area contributed by atoms with Crippen molar-refractivity contribution >= 4 is 30.6 Å². The van der Waals surface area contributed by atoms with Crippen molar-refractivity contribution in [1.82, 2.24) is 9.97 Å². The number of rotatable bonds is 7. The van der Waals surface area contributed by atoms with Crippen molar-refractivity contribution in [1.29, 1.82) is 0 Å². The van der Waals surface area contributed by atoms with Gasteiger partial charge in [0.25, 0.3) is 0 Å². The molecule has 2 aromatic rings. The Labute approximate surface area is 161 Å². The predicted octanol–water partition coefficient (Wildman–Crippen LogP) is 3.58. The average molecular weight is 385 g/mol. The van der Waals surface area contributed by atoms with Gasteiger partial charge in [0.2, 0.25) is 0 Å². The van der Waals surface area contributed by atoms with Gasteiger partial charge in [-0.25, -0.2) is 9.97 Å². The summed E-state index contributed by atoms with van der Waals surface area (Å²) in [6, 6.07) is 10.6. The normalized spacial score (nSPS) is 18.3. The van der Waals surface area contributed by atoms with Gasteiger partial charge in [-0.05, 0) is 37.3 Å². The molecule has 1 aromatic carbocycles. The molecule has 3 rings (SSSR count). The molecule has 1 aliphatic carbocycles. The second-order valence-electron chi connectivity index (χ2n) is 6.10. The number of methoxy groups -OCH3 is 1. The number of halogens is 2. The lowest BCUT2D eigenvalue weighted by molar-refractivity contribution is 0.345. The first kappa shape index (κ1) is 21.5. The number of nitrogens with two attached hydrogens (primary N) is 1. The maximum absolute atomic E-state index is 5.85. The van der Waals surface area contributed by atoms with E-state index in [1.165, 1.54) is 5.56 Å². The third-order valence-corrected chi connectivity index (χ3v) is 4.40. The van der Waals surface area contributed by atoms with Crippen molar-refractivity contribution in [2.45, 2.75) is 37.6 Å². The second-order valence-corrected chi connectivity index (χ2v) is 6.10. The summed E-state index contributed by atoms with van der Waals surface area (Å²) < 4.78 is 5.38. The van der Waals surface area contributed by atoms with Gasteiger partial charge in [-0.15, -0.1) is 24.8 Å². The highest BCUT2D eigenvalue weighted by Gasteiger charge is 2.28. The van der Waals surface area contributed by atoms with Crippen molar-refractivity contribution in [3.63, 3.8) is 0 Å². The van der Waals surface area contributed by atoms with E-state index in [-0.39, 0.29) is 24.8 Å². The van der Waals surface area contributed by atoms with Crippen LogP contribution in [0.1, 0.15) is 36.4 Å². The van der Waals surface area contributed by atoms with E-state index < -0.39 is 0 Å². The van der Waals surface area contributed by atoms with E-state index in [4.69, 9.17) is 10.5 Å². The SMILES string of the molecule is COc1ccccc1CCCNc1cc(C2CC(N)C2)ncn1.Cl.Cl. The largest absolute Gasteiger partial charge is 0.496 e. The topological polar surface area (TPSA) is 73.1 Å². The molecule has 0 aliphatic heterocycles. The van der Waals surface area contributed by atoms with Gasteiger partial charge in [0.05, 0.1) is 7.11 Å². The Balaban J connectivity index is 0.00000156. The zero-order valence-corrected chi connectivity index (χ0v) is 16.0. The van der Waals surface area contributed by atoms with Crippen LogP contribution in [0.15, 0.2) is 36.7 Å². The molecule has 1 aromatic heterocycles. The molecule has 0 spiro atoms. The lowest BCUT2D eigenvalue weighted by Gasteiger charge is -2.31.